The quantitative estimate of drug-likeness (QED) is 0.275. The maximum atomic E-state index is 11.3. The molecule has 2 aromatic carbocycles. The molecule has 1 amide bonds. The molecule has 32 heavy (non-hydrogen) atoms. The molecule has 3 N–H and O–H groups in total. The van der Waals surface area contributed by atoms with Gasteiger partial charge in [-0.1, -0.05) is 30.3 Å². The molecule has 1 heterocycles. The van der Waals surface area contributed by atoms with Gasteiger partial charge in [0, 0.05) is 31.1 Å². The van der Waals surface area contributed by atoms with E-state index in [0.717, 1.165) is 48.8 Å². The number of fused-ring (bicyclic) bond motifs is 1. The fourth-order valence-electron chi connectivity index (χ4n) is 4.68. The first-order valence-corrected chi connectivity index (χ1v) is 11.3. The maximum Gasteiger partial charge on any atom is 0.221 e. The second kappa shape index (κ2) is 11.0. The monoisotopic (exact) mass is 548 g/mol. The van der Waals surface area contributed by atoms with Crippen LogP contribution in [0.3, 0.4) is 0 Å². The zero-order chi connectivity index (χ0) is 21.7. The van der Waals surface area contributed by atoms with E-state index in [1.165, 1.54) is 25.3 Å². The number of hydrogen-bond acceptors (Lipinski definition) is 3. The van der Waals surface area contributed by atoms with Gasteiger partial charge in [0.05, 0.1) is 12.6 Å². The number of carbonyl (C=O) groups is 1. The Labute approximate surface area is 207 Å². The molecule has 6 nitrogen and oxygen atoms in total. The van der Waals surface area contributed by atoms with E-state index in [1.54, 1.807) is 0 Å². The summed E-state index contributed by atoms with van der Waals surface area (Å²) in [5.74, 6) is 1.71. The summed E-state index contributed by atoms with van der Waals surface area (Å²) in [4.78, 5) is 16.2. The Morgan fingerprint density at radius 3 is 2.69 bits per heavy atom. The molecule has 4 rings (SSSR count). The third-order valence-corrected chi connectivity index (χ3v) is 6.03. The Kier molecular flexibility index (Phi) is 8.39. The van der Waals surface area contributed by atoms with Gasteiger partial charge in [0.2, 0.25) is 5.91 Å². The van der Waals surface area contributed by atoms with E-state index in [9.17, 15) is 4.79 Å². The molecule has 0 radical (unpaired) electrons. The lowest BCUT2D eigenvalue weighted by Crippen LogP contribution is -2.46. The number of anilines is 1. The molecule has 1 aliphatic heterocycles. The van der Waals surface area contributed by atoms with E-state index in [2.05, 4.69) is 41.1 Å². The lowest BCUT2D eigenvalue weighted by molar-refractivity contribution is -0.114. The molecule has 1 fully saturated rings. The highest BCUT2D eigenvalue weighted by Crippen LogP contribution is 2.46. The predicted octanol–water partition coefficient (Wildman–Crippen LogP) is 5.15. The zero-order valence-electron chi connectivity index (χ0n) is 18.8. The van der Waals surface area contributed by atoms with Crippen molar-refractivity contribution < 1.29 is 9.53 Å². The van der Waals surface area contributed by atoms with Crippen molar-refractivity contribution in [2.24, 2.45) is 4.99 Å². The third kappa shape index (κ3) is 5.94. The summed E-state index contributed by atoms with van der Waals surface area (Å²) in [6, 6.07) is 16.3. The van der Waals surface area contributed by atoms with Crippen LogP contribution in [0.25, 0.3) is 0 Å². The van der Waals surface area contributed by atoms with Gasteiger partial charge in [0.25, 0.3) is 0 Å². The van der Waals surface area contributed by atoms with Gasteiger partial charge in [0.15, 0.2) is 5.96 Å². The molecule has 2 aliphatic rings. The average molecular weight is 548 g/mol. The van der Waals surface area contributed by atoms with Crippen LogP contribution in [-0.4, -0.2) is 24.0 Å². The number of rotatable bonds is 5. The molecule has 0 bridgehead atoms. The van der Waals surface area contributed by atoms with E-state index >= 15 is 0 Å². The molecule has 1 atom stereocenters. The number of nitrogens with one attached hydrogen (secondary N) is 3. The Morgan fingerprint density at radius 2 is 1.94 bits per heavy atom. The largest absolute Gasteiger partial charge is 0.487 e. The number of aliphatic imine (C=N–C) groups is 1. The van der Waals surface area contributed by atoms with E-state index in [1.807, 2.05) is 30.3 Å². The van der Waals surface area contributed by atoms with Crippen molar-refractivity contribution in [3.63, 3.8) is 0 Å². The third-order valence-electron chi connectivity index (χ3n) is 6.03. The topological polar surface area (TPSA) is 74.8 Å². The van der Waals surface area contributed by atoms with E-state index in [4.69, 9.17) is 9.73 Å². The second-order valence-electron chi connectivity index (χ2n) is 8.51. The van der Waals surface area contributed by atoms with Crippen molar-refractivity contribution in [3.05, 3.63) is 59.7 Å². The van der Waals surface area contributed by atoms with Crippen molar-refractivity contribution in [1.29, 1.82) is 0 Å². The van der Waals surface area contributed by atoms with Crippen molar-refractivity contribution in [2.75, 3.05) is 11.9 Å². The van der Waals surface area contributed by atoms with Crippen LogP contribution in [0.4, 0.5) is 5.69 Å². The summed E-state index contributed by atoms with van der Waals surface area (Å²) in [6.07, 6.45) is 5.64. The first-order chi connectivity index (χ1) is 15.1. The summed E-state index contributed by atoms with van der Waals surface area (Å²) in [6.45, 7) is 4.90. The summed E-state index contributed by atoms with van der Waals surface area (Å²) in [5.41, 5.74) is 2.97. The molecule has 1 unspecified atom stereocenters. The van der Waals surface area contributed by atoms with Gasteiger partial charge in [-0.15, -0.1) is 24.0 Å². The van der Waals surface area contributed by atoms with Gasteiger partial charge in [-0.05, 0) is 56.4 Å². The number of hydrogen-bond donors (Lipinski definition) is 3. The number of halogens is 1. The normalized spacial score (nSPS) is 18.8. The summed E-state index contributed by atoms with van der Waals surface area (Å²) in [7, 11) is 0. The molecular formula is C25H33IN4O2. The number of carbonyl (C=O) groups excluding carboxylic acids is 1. The minimum Gasteiger partial charge on any atom is -0.487 e. The second-order valence-corrected chi connectivity index (χ2v) is 8.51. The van der Waals surface area contributed by atoms with E-state index < -0.39 is 0 Å². The highest BCUT2D eigenvalue weighted by atomic mass is 127. The van der Waals surface area contributed by atoms with Gasteiger partial charge in [-0.2, -0.15) is 0 Å². The smallest absolute Gasteiger partial charge is 0.221 e. The molecule has 172 valence electrons. The molecule has 2 aromatic rings. The predicted molar refractivity (Wildman–Crippen MR) is 140 cm³/mol. The van der Waals surface area contributed by atoms with Crippen LogP contribution in [-0.2, 0) is 11.3 Å². The summed E-state index contributed by atoms with van der Waals surface area (Å²) >= 11 is 0. The van der Waals surface area contributed by atoms with Crippen molar-refractivity contribution in [1.82, 2.24) is 10.6 Å². The van der Waals surface area contributed by atoms with Crippen molar-refractivity contribution in [2.45, 2.75) is 64.1 Å². The Morgan fingerprint density at radius 1 is 1.16 bits per heavy atom. The lowest BCUT2D eigenvalue weighted by Gasteiger charge is -2.40. The number of para-hydroxylation sites is 1. The van der Waals surface area contributed by atoms with Gasteiger partial charge in [0.1, 0.15) is 11.4 Å². The molecule has 1 aliphatic carbocycles. The van der Waals surface area contributed by atoms with E-state index in [0.29, 0.717) is 6.54 Å². The summed E-state index contributed by atoms with van der Waals surface area (Å²) < 4.78 is 6.49. The molecule has 1 saturated carbocycles. The van der Waals surface area contributed by atoms with Crippen LogP contribution in [0.1, 0.15) is 63.1 Å². The van der Waals surface area contributed by atoms with Crippen LogP contribution < -0.4 is 20.7 Å². The number of ether oxygens (including phenoxy) is 1. The van der Waals surface area contributed by atoms with E-state index in [-0.39, 0.29) is 41.5 Å². The first-order valence-electron chi connectivity index (χ1n) is 11.3. The van der Waals surface area contributed by atoms with Gasteiger partial charge < -0.3 is 20.7 Å². The Balaban J connectivity index is 0.00000289. The number of benzene rings is 2. The zero-order valence-corrected chi connectivity index (χ0v) is 21.1. The number of amides is 1. The fraction of sp³-hybridized carbons (Fsp3) is 0.440. The van der Waals surface area contributed by atoms with Gasteiger partial charge >= 0.3 is 0 Å². The molecule has 0 saturated heterocycles. The highest BCUT2D eigenvalue weighted by molar-refractivity contribution is 14.0. The number of guanidine groups is 1. The van der Waals surface area contributed by atoms with Gasteiger partial charge in [-0.3, -0.25) is 4.79 Å². The molecule has 7 heteroatoms. The standard InChI is InChI=1S/C25H32N4O2.HI/c1-3-26-24(27-17-19-9-8-10-20(15-19)28-18(2)30)29-22-16-25(13-6-7-14-25)31-23-12-5-4-11-21(22)23;/h4-5,8-12,15,22H,3,6-7,13-14,16-17H2,1-2H3,(H,28,30)(H2,26,27,29);1H. The van der Waals surface area contributed by atoms with Crippen molar-refractivity contribution in [3.8, 4) is 5.75 Å². The van der Waals surface area contributed by atoms with Crippen LogP contribution in [0, 0.1) is 0 Å². The Hall–Kier alpha value is -2.29. The van der Waals surface area contributed by atoms with Crippen LogP contribution in [0.2, 0.25) is 0 Å². The summed E-state index contributed by atoms with van der Waals surface area (Å²) in [5, 5.41) is 9.89. The number of nitrogens with zero attached hydrogens (tertiary/aromatic N) is 1. The SMILES string of the molecule is CCNC(=NCc1cccc(NC(C)=O)c1)NC1CC2(CCCC2)Oc2ccccc21.I. The maximum absolute atomic E-state index is 11.3. The molecule has 0 aromatic heterocycles. The van der Waals surface area contributed by atoms with Crippen molar-refractivity contribution >= 4 is 41.5 Å². The average Bonchev–Trinajstić information content (AvgIpc) is 3.19. The van der Waals surface area contributed by atoms with Crippen LogP contribution in [0.15, 0.2) is 53.5 Å². The van der Waals surface area contributed by atoms with Crippen LogP contribution >= 0.6 is 24.0 Å². The lowest BCUT2D eigenvalue weighted by atomic mass is 9.86. The fourth-order valence-corrected chi connectivity index (χ4v) is 4.68. The van der Waals surface area contributed by atoms with Gasteiger partial charge in [-0.25, -0.2) is 4.99 Å². The first kappa shape index (κ1) is 24.4. The molecular weight excluding hydrogens is 515 g/mol. The minimum atomic E-state index is -0.0744. The minimum absolute atomic E-state index is 0. The molecule has 1 spiro atoms. The Bertz CT molecular complexity index is 956. The highest BCUT2D eigenvalue weighted by Gasteiger charge is 2.43. The van der Waals surface area contributed by atoms with Crippen LogP contribution in [0.5, 0.6) is 5.75 Å².